The predicted octanol–water partition coefficient (Wildman–Crippen LogP) is 3.81. The number of carbonyl (C=O) groups is 2. The summed E-state index contributed by atoms with van der Waals surface area (Å²) in [5, 5.41) is 11.9. The number of nitrogens with zero attached hydrogens (tertiary/aromatic N) is 1. The molecule has 5 nitrogen and oxygen atoms in total. The lowest BCUT2D eigenvalue weighted by Crippen LogP contribution is -2.40. The van der Waals surface area contributed by atoms with Crippen molar-refractivity contribution in [3.63, 3.8) is 0 Å². The number of rotatable bonds is 7. The molecule has 1 aliphatic carbocycles. The van der Waals surface area contributed by atoms with E-state index in [4.69, 9.17) is 5.11 Å². The Morgan fingerprint density at radius 3 is 2.50 bits per heavy atom. The van der Waals surface area contributed by atoms with Crippen LogP contribution in [0.2, 0.25) is 0 Å². The van der Waals surface area contributed by atoms with Crippen molar-refractivity contribution in [1.29, 1.82) is 0 Å². The van der Waals surface area contributed by atoms with Crippen LogP contribution in [0.15, 0.2) is 30.3 Å². The van der Waals surface area contributed by atoms with Crippen LogP contribution in [-0.2, 0) is 4.79 Å². The molecule has 2 N–H and O–H groups in total. The molecule has 2 amide bonds. The number of benzene rings is 1. The van der Waals surface area contributed by atoms with Gasteiger partial charge in [-0.1, -0.05) is 62.4 Å². The van der Waals surface area contributed by atoms with Crippen molar-refractivity contribution in [2.24, 2.45) is 5.92 Å². The maximum atomic E-state index is 12.4. The van der Waals surface area contributed by atoms with Gasteiger partial charge in [-0.2, -0.15) is 0 Å². The SMILES string of the molecule is CN(CCC(=O)O)C(=O)NC(CC1CCCCC1)c1ccccc1. The Labute approximate surface area is 144 Å². The van der Waals surface area contributed by atoms with Gasteiger partial charge in [-0.25, -0.2) is 4.79 Å². The first-order valence-electron chi connectivity index (χ1n) is 8.84. The molecule has 5 heteroatoms. The maximum Gasteiger partial charge on any atom is 0.317 e. The minimum atomic E-state index is -0.892. The molecule has 0 heterocycles. The highest BCUT2D eigenvalue weighted by Gasteiger charge is 2.23. The average Bonchev–Trinajstić information content (AvgIpc) is 2.60. The number of carboxylic acids is 1. The molecule has 1 aliphatic rings. The van der Waals surface area contributed by atoms with Gasteiger partial charge in [-0.05, 0) is 17.9 Å². The molecule has 0 radical (unpaired) electrons. The number of urea groups is 1. The topological polar surface area (TPSA) is 69.6 Å². The second-order valence-electron chi connectivity index (χ2n) is 6.72. The van der Waals surface area contributed by atoms with Crippen molar-refractivity contribution in [3.8, 4) is 0 Å². The molecule has 1 saturated carbocycles. The minimum absolute atomic E-state index is 0.0194. The van der Waals surface area contributed by atoms with Gasteiger partial charge in [0.25, 0.3) is 0 Å². The molecule has 24 heavy (non-hydrogen) atoms. The molecule has 0 saturated heterocycles. The average molecular weight is 332 g/mol. The van der Waals surface area contributed by atoms with Crippen molar-refractivity contribution in [3.05, 3.63) is 35.9 Å². The smallest absolute Gasteiger partial charge is 0.317 e. The van der Waals surface area contributed by atoms with Crippen LogP contribution in [0, 0.1) is 5.92 Å². The van der Waals surface area contributed by atoms with Gasteiger partial charge in [-0.3, -0.25) is 4.79 Å². The molecule has 1 unspecified atom stereocenters. The first-order chi connectivity index (χ1) is 11.6. The molecule has 0 spiro atoms. The van der Waals surface area contributed by atoms with Crippen LogP contribution < -0.4 is 5.32 Å². The highest BCUT2D eigenvalue weighted by molar-refractivity contribution is 5.75. The Bertz CT molecular complexity index is 527. The highest BCUT2D eigenvalue weighted by Crippen LogP contribution is 2.32. The predicted molar refractivity (Wildman–Crippen MR) is 93.8 cm³/mol. The van der Waals surface area contributed by atoms with Crippen LogP contribution in [0.1, 0.15) is 56.6 Å². The molecule has 1 aromatic carbocycles. The number of amides is 2. The Morgan fingerprint density at radius 2 is 1.88 bits per heavy atom. The van der Waals surface area contributed by atoms with Crippen molar-refractivity contribution in [2.45, 2.75) is 51.0 Å². The zero-order valence-electron chi connectivity index (χ0n) is 14.4. The van der Waals surface area contributed by atoms with E-state index in [1.165, 1.54) is 37.0 Å². The molecule has 0 aliphatic heterocycles. The van der Waals surface area contributed by atoms with Gasteiger partial charge in [-0.15, -0.1) is 0 Å². The van der Waals surface area contributed by atoms with Crippen molar-refractivity contribution >= 4 is 12.0 Å². The Balaban J connectivity index is 1.99. The lowest BCUT2D eigenvalue weighted by molar-refractivity contribution is -0.137. The summed E-state index contributed by atoms with van der Waals surface area (Å²) < 4.78 is 0. The number of carboxylic acid groups (broad SMARTS) is 1. The van der Waals surface area contributed by atoms with Crippen molar-refractivity contribution in [1.82, 2.24) is 10.2 Å². The van der Waals surface area contributed by atoms with Crippen LogP contribution >= 0.6 is 0 Å². The quantitative estimate of drug-likeness (QED) is 0.797. The summed E-state index contributed by atoms with van der Waals surface area (Å²) in [6.07, 6.45) is 7.24. The zero-order valence-corrected chi connectivity index (χ0v) is 14.4. The van der Waals surface area contributed by atoms with Gasteiger partial charge in [0.2, 0.25) is 0 Å². The van der Waals surface area contributed by atoms with E-state index in [0.717, 1.165) is 12.0 Å². The van der Waals surface area contributed by atoms with Crippen LogP contribution in [0.3, 0.4) is 0 Å². The fraction of sp³-hybridized carbons (Fsp3) is 0.579. The number of hydrogen-bond acceptors (Lipinski definition) is 2. The van der Waals surface area contributed by atoms with E-state index < -0.39 is 5.97 Å². The van der Waals surface area contributed by atoms with E-state index in [1.807, 2.05) is 30.3 Å². The second-order valence-corrected chi connectivity index (χ2v) is 6.72. The molecule has 2 rings (SSSR count). The third kappa shape index (κ3) is 5.87. The van der Waals surface area contributed by atoms with Crippen LogP contribution in [0.4, 0.5) is 4.79 Å². The lowest BCUT2D eigenvalue weighted by Gasteiger charge is -2.29. The first-order valence-corrected chi connectivity index (χ1v) is 8.84. The summed E-state index contributed by atoms with van der Waals surface area (Å²) in [4.78, 5) is 24.5. The molecule has 1 aromatic rings. The monoisotopic (exact) mass is 332 g/mol. The Kier molecular flexibility index (Phi) is 7.09. The highest BCUT2D eigenvalue weighted by atomic mass is 16.4. The molecule has 0 bridgehead atoms. The van der Waals surface area contributed by atoms with Crippen molar-refractivity contribution in [2.75, 3.05) is 13.6 Å². The van der Waals surface area contributed by atoms with Gasteiger partial charge < -0.3 is 15.3 Å². The normalized spacial score (nSPS) is 16.4. The summed E-state index contributed by atoms with van der Waals surface area (Å²) in [6.45, 7) is 0.214. The lowest BCUT2D eigenvalue weighted by atomic mass is 9.83. The third-order valence-corrected chi connectivity index (χ3v) is 4.80. The standard InChI is InChI=1S/C19H28N2O3/c1-21(13-12-18(22)23)19(24)20-17(16-10-6-3-7-11-16)14-15-8-4-2-5-9-15/h3,6-7,10-11,15,17H,2,4-5,8-9,12-14H2,1H3,(H,20,24)(H,22,23). The summed E-state index contributed by atoms with van der Waals surface area (Å²) in [6, 6.07) is 9.82. The summed E-state index contributed by atoms with van der Waals surface area (Å²) in [5.74, 6) is -0.245. The fourth-order valence-electron chi connectivity index (χ4n) is 3.34. The number of aliphatic carboxylic acids is 1. The van der Waals surface area contributed by atoms with E-state index in [1.54, 1.807) is 7.05 Å². The van der Waals surface area contributed by atoms with E-state index in [2.05, 4.69) is 5.32 Å². The number of hydrogen-bond donors (Lipinski definition) is 2. The maximum absolute atomic E-state index is 12.4. The van der Waals surface area contributed by atoms with Crippen LogP contribution in [0.5, 0.6) is 0 Å². The minimum Gasteiger partial charge on any atom is -0.481 e. The molecule has 0 aromatic heterocycles. The number of nitrogens with one attached hydrogen (secondary N) is 1. The van der Waals surface area contributed by atoms with Gasteiger partial charge in [0, 0.05) is 13.6 Å². The fourth-order valence-corrected chi connectivity index (χ4v) is 3.34. The first kappa shape index (κ1) is 18.3. The van der Waals surface area contributed by atoms with Crippen LogP contribution in [-0.4, -0.2) is 35.6 Å². The molecule has 1 fully saturated rings. The molecule has 132 valence electrons. The largest absolute Gasteiger partial charge is 0.481 e. The van der Waals surface area contributed by atoms with Crippen molar-refractivity contribution < 1.29 is 14.7 Å². The van der Waals surface area contributed by atoms with E-state index in [-0.39, 0.29) is 25.0 Å². The van der Waals surface area contributed by atoms with Gasteiger partial charge in [0.1, 0.15) is 0 Å². The Morgan fingerprint density at radius 1 is 1.21 bits per heavy atom. The Hall–Kier alpha value is -2.04. The van der Waals surface area contributed by atoms with E-state index in [0.29, 0.717) is 5.92 Å². The van der Waals surface area contributed by atoms with Gasteiger partial charge >= 0.3 is 12.0 Å². The van der Waals surface area contributed by atoms with Gasteiger partial charge in [0.15, 0.2) is 0 Å². The third-order valence-electron chi connectivity index (χ3n) is 4.80. The second kappa shape index (κ2) is 9.30. The van der Waals surface area contributed by atoms with E-state index >= 15 is 0 Å². The summed E-state index contributed by atoms with van der Waals surface area (Å²) in [7, 11) is 1.64. The summed E-state index contributed by atoms with van der Waals surface area (Å²) >= 11 is 0. The van der Waals surface area contributed by atoms with Crippen LogP contribution in [0.25, 0.3) is 0 Å². The van der Waals surface area contributed by atoms with E-state index in [9.17, 15) is 9.59 Å². The zero-order chi connectivity index (χ0) is 17.4. The molecule has 1 atom stereocenters. The molecular weight excluding hydrogens is 304 g/mol. The number of carbonyl (C=O) groups excluding carboxylic acids is 1. The van der Waals surface area contributed by atoms with Gasteiger partial charge in [0.05, 0.1) is 12.5 Å². The molecular formula is C19H28N2O3. The summed E-state index contributed by atoms with van der Waals surface area (Å²) in [5.41, 5.74) is 1.11.